The maximum absolute atomic E-state index is 14.3. The standard InChI is InChI=1S/C27H31FN2O3/c1-17(2)15-30-16-23(20-5-4-18(3)24(28)13-20)22-7-6-21(14-25(22)30)27(33)29-10-8-19(9-11-29)12-26(31)32/h4-7,13-14,16-17,19H,8-12,15H2,1-3H3,(H,31,32). The predicted octanol–water partition coefficient (Wildman–Crippen LogP) is 5.74. The molecule has 5 nitrogen and oxygen atoms in total. The van der Waals surface area contributed by atoms with Gasteiger partial charge in [0, 0.05) is 54.3 Å². The van der Waals surface area contributed by atoms with Crippen LogP contribution in [0.15, 0.2) is 42.6 Å². The Bertz CT molecular complexity index is 1190. The van der Waals surface area contributed by atoms with Crippen LogP contribution in [0.25, 0.3) is 22.0 Å². The van der Waals surface area contributed by atoms with Gasteiger partial charge < -0.3 is 14.6 Å². The van der Waals surface area contributed by atoms with Crippen LogP contribution >= 0.6 is 0 Å². The zero-order valence-corrected chi connectivity index (χ0v) is 19.5. The fraction of sp³-hybridized carbons (Fsp3) is 0.407. The average Bonchev–Trinajstić information content (AvgIpc) is 3.12. The highest BCUT2D eigenvalue weighted by atomic mass is 19.1. The van der Waals surface area contributed by atoms with E-state index in [0.29, 0.717) is 43.0 Å². The summed E-state index contributed by atoms with van der Waals surface area (Å²) in [6.45, 7) is 8.00. The number of rotatable bonds is 6. The van der Waals surface area contributed by atoms with Gasteiger partial charge in [-0.05, 0) is 60.9 Å². The first-order valence-corrected chi connectivity index (χ1v) is 11.6. The number of nitrogens with zero attached hydrogens (tertiary/aromatic N) is 2. The molecule has 174 valence electrons. The Balaban J connectivity index is 1.65. The van der Waals surface area contributed by atoms with Crippen molar-refractivity contribution in [1.29, 1.82) is 0 Å². The highest BCUT2D eigenvalue weighted by Crippen LogP contribution is 2.33. The van der Waals surface area contributed by atoms with Crippen LogP contribution in [0.5, 0.6) is 0 Å². The molecule has 1 aliphatic rings. The van der Waals surface area contributed by atoms with Crippen molar-refractivity contribution in [2.75, 3.05) is 13.1 Å². The van der Waals surface area contributed by atoms with Gasteiger partial charge in [0.05, 0.1) is 0 Å². The number of hydrogen-bond donors (Lipinski definition) is 1. The molecule has 3 aromatic rings. The van der Waals surface area contributed by atoms with Gasteiger partial charge in [-0.2, -0.15) is 0 Å². The van der Waals surface area contributed by atoms with Crippen molar-refractivity contribution in [3.63, 3.8) is 0 Å². The highest BCUT2D eigenvalue weighted by molar-refractivity contribution is 6.02. The summed E-state index contributed by atoms with van der Waals surface area (Å²) >= 11 is 0. The second-order valence-corrected chi connectivity index (χ2v) is 9.62. The van der Waals surface area contributed by atoms with Gasteiger partial charge in [0.1, 0.15) is 5.82 Å². The molecule has 0 radical (unpaired) electrons. The normalized spacial score (nSPS) is 14.9. The number of carboxylic acid groups (broad SMARTS) is 1. The summed E-state index contributed by atoms with van der Waals surface area (Å²) in [6.07, 6.45) is 3.65. The van der Waals surface area contributed by atoms with Crippen molar-refractivity contribution in [3.05, 3.63) is 59.5 Å². The van der Waals surface area contributed by atoms with E-state index in [9.17, 15) is 14.0 Å². The Morgan fingerprint density at radius 1 is 1.12 bits per heavy atom. The number of amides is 1. The molecule has 33 heavy (non-hydrogen) atoms. The van der Waals surface area contributed by atoms with Gasteiger partial charge in [0.2, 0.25) is 0 Å². The molecule has 0 unspecified atom stereocenters. The van der Waals surface area contributed by atoms with E-state index in [0.717, 1.165) is 28.6 Å². The van der Waals surface area contributed by atoms with Crippen LogP contribution in [0, 0.1) is 24.6 Å². The first-order chi connectivity index (χ1) is 15.7. The molecule has 1 saturated heterocycles. The lowest BCUT2D eigenvalue weighted by atomic mass is 9.93. The highest BCUT2D eigenvalue weighted by Gasteiger charge is 2.25. The lowest BCUT2D eigenvalue weighted by Gasteiger charge is -2.31. The summed E-state index contributed by atoms with van der Waals surface area (Å²) in [5, 5.41) is 10.0. The quantitative estimate of drug-likeness (QED) is 0.521. The number of aliphatic carboxylic acids is 1. The van der Waals surface area contributed by atoms with Crippen LogP contribution in [-0.2, 0) is 11.3 Å². The first kappa shape index (κ1) is 23.0. The summed E-state index contributed by atoms with van der Waals surface area (Å²) in [5.41, 5.74) is 3.99. The number of carboxylic acids is 1. The summed E-state index contributed by atoms with van der Waals surface area (Å²) in [7, 11) is 0. The van der Waals surface area contributed by atoms with Crippen LogP contribution < -0.4 is 0 Å². The Labute approximate surface area is 193 Å². The maximum atomic E-state index is 14.3. The molecule has 0 aliphatic carbocycles. The van der Waals surface area contributed by atoms with Gasteiger partial charge in [-0.25, -0.2) is 4.39 Å². The van der Waals surface area contributed by atoms with E-state index in [4.69, 9.17) is 5.11 Å². The minimum absolute atomic E-state index is 0.0223. The Morgan fingerprint density at radius 3 is 2.48 bits per heavy atom. The minimum Gasteiger partial charge on any atom is -0.481 e. The van der Waals surface area contributed by atoms with Crippen molar-refractivity contribution in [3.8, 4) is 11.1 Å². The number of hydrogen-bond acceptors (Lipinski definition) is 2. The van der Waals surface area contributed by atoms with Crippen LogP contribution in [0.2, 0.25) is 0 Å². The zero-order valence-electron chi connectivity index (χ0n) is 19.5. The number of likely N-dealkylation sites (tertiary alicyclic amines) is 1. The average molecular weight is 451 g/mol. The van der Waals surface area contributed by atoms with Crippen LogP contribution in [0.1, 0.15) is 49.0 Å². The zero-order chi connectivity index (χ0) is 23.7. The molecule has 1 amide bonds. The van der Waals surface area contributed by atoms with Gasteiger partial charge in [0.25, 0.3) is 5.91 Å². The van der Waals surface area contributed by atoms with E-state index in [2.05, 4.69) is 24.6 Å². The molecule has 4 rings (SSSR count). The van der Waals surface area contributed by atoms with Crippen LogP contribution in [0.4, 0.5) is 4.39 Å². The van der Waals surface area contributed by atoms with Gasteiger partial charge in [-0.15, -0.1) is 0 Å². The molecule has 0 saturated carbocycles. The van der Waals surface area contributed by atoms with Crippen molar-refractivity contribution < 1.29 is 19.1 Å². The number of aryl methyl sites for hydroxylation is 1. The second-order valence-electron chi connectivity index (χ2n) is 9.62. The van der Waals surface area contributed by atoms with Crippen molar-refractivity contribution in [1.82, 2.24) is 9.47 Å². The molecular formula is C27H31FN2O3. The molecule has 1 N–H and O–H groups in total. The molecule has 0 spiro atoms. The molecule has 1 aliphatic heterocycles. The lowest BCUT2D eigenvalue weighted by molar-refractivity contribution is -0.138. The molecule has 6 heteroatoms. The Hall–Kier alpha value is -3.15. The Kier molecular flexibility index (Phi) is 6.54. The Morgan fingerprint density at radius 2 is 1.85 bits per heavy atom. The fourth-order valence-electron chi connectivity index (χ4n) is 4.73. The second kappa shape index (κ2) is 9.38. The lowest BCUT2D eigenvalue weighted by Crippen LogP contribution is -2.38. The van der Waals surface area contributed by atoms with E-state index in [1.165, 1.54) is 0 Å². The smallest absolute Gasteiger partial charge is 0.303 e. The third kappa shape index (κ3) is 4.95. The molecule has 1 fully saturated rings. The topological polar surface area (TPSA) is 62.5 Å². The molecule has 0 bridgehead atoms. The maximum Gasteiger partial charge on any atom is 0.303 e. The number of aromatic nitrogens is 1. The first-order valence-electron chi connectivity index (χ1n) is 11.6. The summed E-state index contributed by atoms with van der Waals surface area (Å²) in [4.78, 5) is 26.0. The minimum atomic E-state index is -0.777. The molecule has 2 heterocycles. The number of fused-ring (bicyclic) bond motifs is 1. The van der Waals surface area contributed by atoms with Crippen molar-refractivity contribution >= 4 is 22.8 Å². The monoisotopic (exact) mass is 450 g/mol. The third-order valence-electron chi connectivity index (χ3n) is 6.54. The van der Waals surface area contributed by atoms with Crippen molar-refractivity contribution in [2.24, 2.45) is 11.8 Å². The van der Waals surface area contributed by atoms with Gasteiger partial charge in [-0.1, -0.05) is 32.0 Å². The SMILES string of the molecule is Cc1ccc(-c2cn(CC(C)C)c3cc(C(=O)N4CCC(CC(=O)O)CC4)ccc23)cc1F. The van der Waals surface area contributed by atoms with Crippen LogP contribution in [-0.4, -0.2) is 39.5 Å². The van der Waals surface area contributed by atoms with Crippen molar-refractivity contribution in [2.45, 2.75) is 46.6 Å². The number of benzene rings is 2. The van der Waals surface area contributed by atoms with E-state index in [1.54, 1.807) is 19.1 Å². The van der Waals surface area contributed by atoms with E-state index in [1.807, 2.05) is 29.2 Å². The fourth-order valence-corrected chi connectivity index (χ4v) is 4.73. The largest absolute Gasteiger partial charge is 0.481 e. The van der Waals surface area contributed by atoms with Crippen LogP contribution in [0.3, 0.4) is 0 Å². The van der Waals surface area contributed by atoms with E-state index < -0.39 is 5.97 Å². The number of halogens is 1. The molecule has 0 atom stereocenters. The summed E-state index contributed by atoms with van der Waals surface area (Å²) in [6, 6.07) is 11.1. The van der Waals surface area contributed by atoms with Gasteiger partial charge in [0.15, 0.2) is 0 Å². The third-order valence-corrected chi connectivity index (χ3v) is 6.54. The van der Waals surface area contributed by atoms with E-state index in [-0.39, 0.29) is 24.1 Å². The number of piperidine rings is 1. The van der Waals surface area contributed by atoms with Gasteiger partial charge >= 0.3 is 5.97 Å². The molecule has 2 aromatic carbocycles. The number of carbonyl (C=O) groups excluding carboxylic acids is 1. The summed E-state index contributed by atoms with van der Waals surface area (Å²) in [5.74, 6) is -0.479. The van der Waals surface area contributed by atoms with E-state index >= 15 is 0 Å². The molecular weight excluding hydrogens is 419 g/mol. The predicted molar refractivity (Wildman–Crippen MR) is 128 cm³/mol. The summed E-state index contributed by atoms with van der Waals surface area (Å²) < 4.78 is 16.4. The number of carbonyl (C=O) groups is 2. The molecule has 1 aromatic heterocycles. The van der Waals surface area contributed by atoms with Gasteiger partial charge in [-0.3, -0.25) is 9.59 Å².